The summed E-state index contributed by atoms with van der Waals surface area (Å²) in [5.74, 6) is 0. The molecular formula is C10H14N4O. The highest BCUT2D eigenvalue weighted by Gasteiger charge is 2.10. The van der Waals surface area contributed by atoms with Gasteiger partial charge in [0.2, 0.25) is 0 Å². The van der Waals surface area contributed by atoms with Crippen molar-refractivity contribution in [3.8, 4) is 0 Å². The fourth-order valence-electron chi connectivity index (χ4n) is 1.64. The smallest absolute Gasteiger partial charge is 0.157 e. The minimum Gasteiger partial charge on any atom is -0.387 e. The average molecular weight is 206 g/mol. The van der Waals surface area contributed by atoms with Crippen molar-refractivity contribution in [1.82, 2.24) is 14.8 Å². The van der Waals surface area contributed by atoms with Gasteiger partial charge in [-0.2, -0.15) is 5.10 Å². The summed E-state index contributed by atoms with van der Waals surface area (Å²) in [7, 11) is 1.85. The molecule has 0 aromatic carbocycles. The van der Waals surface area contributed by atoms with E-state index in [9.17, 15) is 5.11 Å². The maximum absolute atomic E-state index is 9.59. The maximum Gasteiger partial charge on any atom is 0.157 e. The molecule has 0 spiro atoms. The Balaban J connectivity index is 2.60. The van der Waals surface area contributed by atoms with Crippen molar-refractivity contribution in [3.63, 3.8) is 0 Å². The van der Waals surface area contributed by atoms with Crippen LogP contribution in [0.15, 0.2) is 12.3 Å². The first-order valence-corrected chi connectivity index (χ1v) is 4.81. The van der Waals surface area contributed by atoms with E-state index in [1.54, 1.807) is 10.9 Å². The Kier molecular flexibility index (Phi) is 2.42. The second kappa shape index (κ2) is 3.60. The van der Waals surface area contributed by atoms with Gasteiger partial charge in [-0.1, -0.05) is 0 Å². The van der Waals surface area contributed by atoms with Gasteiger partial charge >= 0.3 is 0 Å². The molecule has 5 nitrogen and oxygen atoms in total. The predicted molar refractivity (Wildman–Crippen MR) is 57.3 cm³/mol. The van der Waals surface area contributed by atoms with Crippen LogP contribution in [0, 0.1) is 6.92 Å². The number of hydrogen-bond donors (Lipinski definition) is 2. The summed E-state index contributed by atoms with van der Waals surface area (Å²) in [6, 6.07) is 1.89. The summed E-state index contributed by atoms with van der Waals surface area (Å²) in [6.45, 7) is 2.12. The Hall–Kier alpha value is -1.46. The van der Waals surface area contributed by atoms with E-state index in [4.69, 9.17) is 5.73 Å². The number of nitrogens with zero attached hydrogens (tertiary/aromatic N) is 3. The van der Waals surface area contributed by atoms with E-state index in [1.807, 2.05) is 20.0 Å². The van der Waals surface area contributed by atoms with Crippen LogP contribution in [-0.4, -0.2) is 26.4 Å². The summed E-state index contributed by atoms with van der Waals surface area (Å²) >= 11 is 0. The molecule has 0 bridgehead atoms. The molecule has 2 aromatic rings. The molecule has 0 aliphatic rings. The van der Waals surface area contributed by atoms with Gasteiger partial charge in [0.25, 0.3) is 0 Å². The minimum absolute atomic E-state index is 0.201. The SMILES string of the molecule is Cc1nn(C)c2ncc(C(O)CN)cc12. The van der Waals surface area contributed by atoms with Crippen molar-refractivity contribution in [3.05, 3.63) is 23.5 Å². The number of nitrogens with two attached hydrogens (primary N) is 1. The van der Waals surface area contributed by atoms with Gasteiger partial charge in [-0.15, -0.1) is 0 Å². The van der Waals surface area contributed by atoms with E-state index < -0.39 is 6.10 Å². The first-order valence-electron chi connectivity index (χ1n) is 4.81. The summed E-state index contributed by atoms with van der Waals surface area (Å²) < 4.78 is 1.73. The first-order chi connectivity index (χ1) is 7.13. The maximum atomic E-state index is 9.59. The fraction of sp³-hybridized carbons (Fsp3) is 0.400. The van der Waals surface area contributed by atoms with Gasteiger partial charge in [0.05, 0.1) is 11.8 Å². The number of aryl methyl sites for hydroxylation is 2. The molecule has 0 amide bonds. The van der Waals surface area contributed by atoms with Gasteiger partial charge in [0, 0.05) is 30.7 Å². The zero-order valence-electron chi connectivity index (χ0n) is 8.81. The number of aromatic nitrogens is 3. The zero-order valence-corrected chi connectivity index (χ0v) is 8.81. The molecule has 1 unspecified atom stereocenters. The fourth-order valence-corrected chi connectivity index (χ4v) is 1.64. The van der Waals surface area contributed by atoms with Crippen LogP contribution in [0.1, 0.15) is 17.4 Å². The van der Waals surface area contributed by atoms with E-state index in [1.165, 1.54) is 0 Å². The van der Waals surface area contributed by atoms with Crippen LogP contribution in [0.3, 0.4) is 0 Å². The van der Waals surface area contributed by atoms with Gasteiger partial charge in [0.15, 0.2) is 5.65 Å². The lowest BCUT2D eigenvalue weighted by molar-refractivity contribution is 0.186. The van der Waals surface area contributed by atoms with Crippen molar-refractivity contribution >= 4 is 11.0 Å². The number of aliphatic hydroxyl groups is 1. The number of pyridine rings is 1. The number of fused-ring (bicyclic) bond motifs is 1. The second-order valence-electron chi connectivity index (χ2n) is 3.60. The van der Waals surface area contributed by atoms with Crippen molar-refractivity contribution in [2.75, 3.05) is 6.54 Å². The van der Waals surface area contributed by atoms with Crippen LogP contribution in [0.2, 0.25) is 0 Å². The van der Waals surface area contributed by atoms with Crippen LogP contribution in [0.4, 0.5) is 0 Å². The van der Waals surface area contributed by atoms with E-state index in [-0.39, 0.29) is 6.54 Å². The molecule has 0 aliphatic heterocycles. The third-order valence-electron chi connectivity index (χ3n) is 2.49. The molecular weight excluding hydrogens is 192 g/mol. The van der Waals surface area contributed by atoms with Crippen LogP contribution in [0.25, 0.3) is 11.0 Å². The largest absolute Gasteiger partial charge is 0.387 e. The molecule has 3 N–H and O–H groups in total. The molecule has 2 heterocycles. The summed E-state index contributed by atoms with van der Waals surface area (Å²) in [5, 5.41) is 14.8. The van der Waals surface area contributed by atoms with E-state index in [0.717, 1.165) is 22.3 Å². The van der Waals surface area contributed by atoms with Gasteiger partial charge in [-0.05, 0) is 13.0 Å². The van der Waals surface area contributed by atoms with Crippen molar-refractivity contribution in [2.24, 2.45) is 12.8 Å². The highest BCUT2D eigenvalue weighted by atomic mass is 16.3. The Labute approximate surface area is 87.5 Å². The minimum atomic E-state index is -0.651. The molecule has 15 heavy (non-hydrogen) atoms. The van der Waals surface area contributed by atoms with Gasteiger partial charge in [0.1, 0.15) is 0 Å². The zero-order chi connectivity index (χ0) is 11.0. The quantitative estimate of drug-likeness (QED) is 0.739. The topological polar surface area (TPSA) is 77.0 Å². The van der Waals surface area contributed by atoms with Crippen LogP contribution < -0.4 is 5.73 Å². The Morgan fingerprint density at radius 2 is 2.33 bits per heavy atom. The van der Waals surface area contributed by atoms with E-state index in [0.29, 0.717) is 0 Å². The molecule has 2 rings (SSSR count). The van der Waals surface area contributed by atoms with Crippen LogP contribution >= 0.6 is 0 Å². The Morgan fingerprint density at radius 3 is 3.00 bits per heavy atom. The second-order valence-corrected chi connectivity index (χ2v) is 3.60. The molecule has 5 heteroatoms. The summed E-state index contributed by atoms with van der Waals surface area (Å²) in [4.78, 5) is 4.26. The normalized spacial score (nSPS) is 13.3. The molecule has 0 aliphatic carbocycles. The lowest BCUT2D eigenvalue weighted by Crippen LogP contribution is -2.11. The predicted octanol–water partition coefficient (Wildman–Crippen LogP) is 0.269. The van der Waals surface area contributed by atoms with Crippen molar-refractivity contribution < 1.29 is 5.11 Å². The lowest BCUT2D eigenvalue weighted by atomic mass is 10.1. The van der Waals surface area contributed by atoms with Gasteiger partial charge < -0.3 is 10.8 Å². The molecule has 0 fully saturated rings. The van der Waals surface area contributed by atoms with Crippen molar-refractivity contribution in [1.29, 1.82) is 0 Å². The summed E-state index contributed by atoms with van der Waals surface area (Å²) in [5.41, 5.74) is 7.86. The Bertz CT molecular complexity index is 491. The van der Waals surface area contributed by atoms with E-state index in [2.05, 4.69) is 10.1 Å². The van der Waals surface area contributed by atoms with Gasteiger partial charge in [-0.25, -0.2) is 4.98 Å². The molecule has 0 saturated carbocycles. The standard InChI is InChI=1S/C10H14N4O/c1-6-8-3-7(9(15)4-11)5-12-10(8)14(2)13-6/h3,5,9,15H,4,11H2,1-2H3. The Morgan fingerprint density at radius 1 is 1.60 bits per heavy atom. The average Bonchev–Trinajstić information content (AvgIpc) is 2.53. The molecule has 2 aromatic heterocycles. The molecule has 0 radical (unpaired) electrons. The molecule has 1 atom stereocenters. The van der Waals surface area contributed by atoms with Crippen LogP contribution in [-0.2, 0) is 7.05 Å². The summed E-state index contributed by atoms with van der Waals surface area (Å²) in [6.07, 6.45) is 0.988. The molecule has 80 valence electrons. The number of hydrogen-bond acceptors (Lipinski definition) is 4. The highest BCUT2D eigenvalue weighted by molar-refractivity contribution is 5.78. The van der Waals surface area contributed by atoms with E-state index >= 15 is 0 Å². The molecule has 0 saturated heterocycles. The van der Waals surface area contributed by atoms with Gasteiger partial charge in [-0.3, -0.25) is 4.68 Å². The van der Waals surface area contributed by atoms with Crippen molar-refractivity contribution in [2.45, 2.75) is 13.0 Å². The number of aliphatic hydroxyl groups excluding tert-OH is 1. The number of rotatable bonds is 2. The lowest BCUT2D eigenvalue weighted by Gasteiger charge is -2.07. The van der Waals surface area contributed by atoms with Crippen LogP contribution in [0.5, 0.6) is 0 Å². The monoisotopic (exact) mass is 206 g/mol. The third kappa shape index (κ3) is 1.60. The highest BCUT2D eigenvalue weighted by Crippen LogP contribution is 2.19. The third-order valence-corrected chi connectivity index (χ3v) is 2.49. The first kappa shape index (κ1) is 10.1.